The van der Waals surface area contributed by atoms with Crippen molar-refractivity contribution < 1.29 is 4.74 Å². The topological polar surface area (TPSA) is 48.1 Å². The zero-order chi connectivity index (χ0) is 13.0. The van der Waals surface area contributed by atoms with Crippen LogP contribution in [0.25, 0.3) is 0 Å². The molecular weight excluding hydrogens is 244 g/mol. The molecule has 0 radical (unpaired) electrons. The molecule has 0 fully saturated rings. The zero-order valence-corrected chi connectivity index (χ0v) is 11.3. The van der Waals surface area contributed by atoms with Crippen LogP contribution >= 0.6 is 11.8 Å². The normalized spacial score (nSPS) is 10.6. The summed E-state index contributed by atoms with van der Waals surface area (Å²) in [5.41, 5.74) is 6.58. The van der Waals surface area contributed by atoms with Crippen molar-refractivity contribution in [3.05, 3.63) is 42.6 Å². The fraction of sp³-hybridized carbons (Fsp3) is 0.214. The summed E-state index contributed by atoms with van der Waals surface area (Å²) in [6.45, 7) is 3.99. The summed E-state index contributed by atoms with van der Waals surface area (Å²) >= 11 is 1.57. The van der Waals surface area contributed by atoms with Gasteiger partial charge < -0.3 is 10.5 Å². The third-order valence-corrected chi connectivity index (χ3v) is 3.06. The Bertz CT molecular complexity index is 514. The van der Waals surface area contributed by atoms with Crippen LogP contribution in [-0.2, 0) is 0 Å². The van der Waals surface area contributed by atoms with E-state index in [1.165, 1.54) is 0 Å². The first kappa shape index (κ1) is 12.8. The van der Waals surface area contributed by atoms with E-state index in [0.29, 0.717) is 5.69 Å². The number of pyridine rings is 1. The Balaban J connectivity index is 2.20. The lowest BCUT2D eigenvalue weighted by Crippen LogP contribution is -2.05. The highest BCUT2D eigenvalue weighted by molar-refractivity contribution is 7.99. The van der Waals surface area contributed by atoms with Gasteiger partial charge in [0.25, 0.3) is 0 Å². The second-order valence-corrected chi connectivity index (χ2v) is 5.27. The molecule has 0 saturated carbocycles. The van der Waals surface area contributed by atoms with Gasteiger partial charge in [0.05, 0.1) is 6.10 Å². The summed E-state index contributed by atoms with van der Waals surface area (Å²) in [7, 11) is 0. The van der Waals surface area contributed by atoms with Gasteiger partial charge >= 0.3 is 0 Å². The van der Waals surface area contributed by atoms with Crippen molar-refractivity contribution in [2.75, 3.05) is 5.73 Å². The van der Waals surface area contributed by atoms with Crippen LogP contribution in [0.4, 0.5) is 5.69 Å². The first-order valence-corrected chi connectivity index (χ1v) is 6.61. The van der Waals surface area contributed by atoms with Crippen LogP contribution in [0.3, 0.4) is 0 Å². The predicted octanol–water partition coefficient (Wildman–Crippen LogP) is 3.60. The van der Waals surface area contributed by atoms with Crippen LogP contribution in [0, 0.1) is 0 Å². The maximum atomic E-state index is 5.88. The lowest BCUT2D eigenvalue weighted by Gasteiger charge is -2.11. The molecule has 1 heterocycles. The molecule has 3 nitrogen and oxygen atoms in total. The second kappa shape index (κ2) is 5.78. The lowest BCUT2D eigenvalue weighted by molar-refractivity contribution is 0.242. The SMILES string of the molecule is CC(C)Oc1cc(N)cc(Sc2ccccn2)c1. The number of hydrogen-bond donors (Lipinski definition) is 1. The Hall–Kier alpha value is -1.68. The zero-order valence-electron chi connectivity index (χ0n) is 10.5. The maximum Gasteiger partial charge on any atom is 0.122 e. The number of nitrogens with zero attached hydrogens (tertiary/aromatic N) is 1. The average molecular weight is 260 g/mol. The molecule has 0 saturated heterocycles. The van der Waals surface area contributed by atoms with Crippen LogP contribution in [-0.4, -0.2) is 11.1 Å². The molecule has 94 valence electrons. The number of anilines is 1. The van der Waals surface area contributed by atoms with E-state index < -0.39 is 0 Å². The fourth-order valence-electron chi connectivity index (χ4n) is 1.52. The highest BCUT2D eigenvalue weighted by Crippen LogP contribution is 2.31. The highest BCUT2D eigenvalue weighted by atomic mass is 32.2. The first-order chi connectivity index (χ1) is 8.63. The highest BCUT2D eigenvalue weighted by Gasteiger charge is 2.04. The number of nitrogen functional groups attached to an aromatic ring is 1. The minimum atomic E-state index is 0.138. The monoisotopic (exact) mass is 260 g/mol. The van der Waals surface area contributed by atoms with Gasteiger partial charge in [0, 0.05) is 22.8 Å². The van der Waals surface area contributed by atoms with Gasteiger partial charge in [0.1, 0.15) is 10.8 Å². The molecule has 0 aliphatic rings. The van der Waals surface area contributed by atoms with E-state index in [2.05, 4.69) is 4.98 Å². The third-order valence-electron chi connectivity index (χ3n) is 2.13. The van der Waals surface area contributed by atoms with Gasteiger partial charge in [-0.3, -0.25) is 0 Å². The molecule has 0 bridgehead atoms. The van der Waals surface area contributed by atoms with E-state index in [4.69, 9.17) is 10.5 Å². The van der Waals surface area contributed by atoms with Crippen LogP contribution in [0.15, 0.2) is 52.5 Å². The summed E-state index contributed by atoms with van der Waals surface area (Å²) in [6.07, 6.45) is 1.92. The summed E-state index contributed by atoms with van der Waals surface area (Å²) < 4.78 is 5.66. The Morgan fingerprint density at radius 2 is 2.06 bits per heavy atom. The van der Waals surface area contributed by atoms with Gasteiger partial charge in [-0.15, -0.1) is 0 Å². The van der Waals surface area contributed by atoms with Gasteiger partial charge in [0.15, 0.2) is 0 Å². The number of nitrogens with two attached hydrogens (primary N) is 1. The van der Waals surface area contributed by atoms with Gasteiger partial charge in [-0.1, -0.05) is 17.8 Å². The average Bonchev–Trinajstić information content (AvgIpc) is 2.28. The van der Waals surface area contributed by atoms with Gasteiger partial charge in [-0.05, 0) is 38.1 Å². The minimum Gasteiger partial charge on any atom is -0.491 e. The van der Waals surface area contributed by atoms with Crippen LogP contribution < -0.4 is 10.5 Å². The Kier molecular flexibility index (Phi) is 4.10. The summed E-state index contributed by atoms with van der Waals surface area (Å²) in [5, 5.41) is 0.943. The number of aromatic nitrogens is 1. The molecule has 0 atom stereocenters. The molecule has 18 heavy (non-hydrogen) atoms. The van der Waals surface area contributed by atoms with E-state index in [1.54, 1.807) is 18.0 Å². The van der Waals surface area contributed by atoms with E-state index in [0.717, 1.165) is 15.7 Å². The fourth-order valence-corrected chi connectivity index (χ4v) is 2.39. The largest absolute Gasteiger partial charge is 0.491 e. The number of ether oxygens (including phenoxy) is 1. The van der Waals surface area contributed by atoms with Crippen molar-refractivity contribution in [1.82, 2.24) is 4.98 Å². The lowest BCUT2D eigenvalue weighted by atomic mass is 10.3. The molecule has 1 aromatic carbocycles. The molecule has 1 aromatic heterocycles. The third kappa shape index (κ3) is 3.67. The number of rotatable bonds is 4. The van der Waals surface area contributed by atoms with Crippen molar-refractivity contribution in [2.24, 2.45) is 0 Å². The molecule has 0 spiro atoms. The van der Waals surface area contributed by atoms with Crippen molar-refractivity contribution in [2.45, 2.75) is 29.9 Å². The van der Waals surface area contributed by atoms with Crippen molar-refractivity contribution >= 4 is 17.4 Å². The van der Waals surface area contributed by atoms with E-state index >= 15 is 0 Å². The molecule has 0 unspecified atom stereocenters. The van der Waals surface area contributed by atoms with E-state index in [-0.39, 0.29) is 6.10 Å². The molecular formula is C14H16N2OS. The molecule has 2 aromatic rings. The van der Waals surface area contributed by atoms with E-state index in [9.17, 15) is 0 Å². The van der Waals surface area contributed by atoms with Crippen LogP contribution in [0.2, 0.25) is 0 Å². The van der Waals surface area contributed by atoms with E-state index in [1.807, 2.05) is 50.2 Å². The molecule has 0 aliphatic heterocycles. The molecule has 2 rings (SSSR count). The quantitative estimate of drug-likeness (QED) is 0.853. The first-order valence-electron chi connectivity index (χ1n) is 5.79. The molecule has 0 aliphatic carbocycles. The smallest absolute Gasteiger partial charge is 0.122 e. The van der Waals surface area contributed by atoms with Gasteiger partial charge in [-0.2, -0.15) is 0 Å². The van der Waals surface area contributed by atoms with Gasteiger partial charge in [-0.25, -0.2) is 4.98 Å². The number of hydrogen-bond acceptors (Lipinski definition) is 4. The van der Waals surface area contributed by atoms with Crippen molar-refractivity contribution in [3.8, 4) is 5.75 Å². The molecule has 0 amide bonds. The predicted molar refractivity (Wildman–Crippen MR) is 75.0 cm³/mol. The minimum absolute atomic E-state index is 0.138. The Morgan fingerprint density at radius 3 is 2.72 bits per heavy atom. The maximum absolute atomic E-state index is 5.88. The van der Waals surface area contributed by atoms with Crippen molar-refractivity contribution in [3.63, 3.8) is 0 Å². The van der Waals surface area contributed by atoms with Crippen LogP contribution in [0.5, 0.6) is 5.75 Å². The number of benzene rings is 1. The summed E-state index contributed by atoms with van der Waals surface area (Å²) in [5.74, 6) is 0.795. The molecule has 4 heteroatoms. The summed E-state index contributed by atoms with van der Waals surface area (Å²) in [4.78, 5) is 5.31. The molecule has 2 N–H and O–H groups in total. The standard InChI is InChI=1S/C14H16N2OS/c1-10(2)17-12-7-11(15)8-13(9-12)18-14-5-3-4-6-16-14/h3-10H,15H2,1-2H3. The Labute approximate surface area is 111 Å². The second-order valence-electron chi connectivity index (χ2n) is 4.17. The van der Waals surface area contributed by atoms with Crippen molar-refractivity contribution in [1.29, 1.82) is 0 Å². The van der Waals surface area contributed by atoms with Crippen LogP contribution in [0.1, 0.15) is 13.8 Å². The summed E-state index contributed by atoms with van der Waals surface area (Å²) in [6, 6.07) is 11.6. The Morgan fingerprint density at radius 1 is 1.22 bits per heavy atom. The van der Waals surface area contributed by atoms with Gasteiger partial charge in [0.2, 0.25) is 0 Å².